The highest BCUT2D eigenvalue weighted by Crippen LogP contribution is 2.31. The van der Waals surface area contributed by atoms with Crippen LogP contribution in [0.25, 0.3) is 0 Å². The van der Waals surface area contributed by atoms with Crippen LogP contribution in [-0.2, 0) is 29.9 Å². The van der Waals surface area contributed by atoms with Crippen molar-refractivity contribution < 1.29 is 4.74 Å². The van der Waals surface area contributed by atoms with Gasteiger partial charge < -0.3 is 4.74 Å². The van der Waals surface area contributed by atoms with E-state index >= 15 is 0 Å². The summed E-state index contributed by atoms with van der Waals surface area (Å²) in [6, 6.07) is 7.84. The van der Waals surface area contributed by atoms with E-state index in [0.29, 0.717) is 6.54 Å². The van der Waals surface area contributed by atoms with Gasteiger partial charge in [-0.1, -0.05) is 23.7 Å². The Balaban J connectivity index is 1.56. The van der Waals surface area contributed by atoms with Crippen molar-refractivity contribution >= 4 is 23.4 Å². The van der Waals surface area contributed by atoms with Crippen LogP contribution >= 0.6 is 23.4 Å². The zero-order valence-corrected chi connectivity index (χ0v) is 15.6. The molecule has 1 aromatic heterocycles. The molecule has 0 N–H and O–H groups in total. The number of nitrogens with zero attached hydrogens (tertiary/aromatic N) is 2. The summed E-state index contributed by atoms with van der Waals surface area (Å²) in [6.45, 7) is 1.46. The number of hydrogen-bond donors (Lipinski definition) is 0. The van der Waals surface area contributed by atoms with E-state index in [1.807, 2.05) is 28.8 Å². The lowest BCUT2D eigenvalue weighted by Gasteiger charge is -2.17. The van der Waals surface area contributed by atoms with Gasteiger partial charge in [0.2, 0.25) is 0 Å². The predicted octanol–water partition coefficient (Wildman–Crippen LogP) is 3.86. The first-order valence-electron chi connectivity index (χ1n) is 8.82. The zero-order valence-electron chi connectivity index (χ0n) is 14.0. The first-order valence-corrected chi connectivity index (χ1v) is 10.2. The summed E-state index contributed by atoms with van der Waals surface area (Å²) in [5, 5.41) is 1.64. The highest BCUT2D eigenvalue weighted by molar-refractivity contribution is 7.98. The van der Waals surface area contributed by atoms with Crippen LogP contribution in [0.5, 0.6) is 0 Å². The molecule has 1 aromatic carbocycles. The molecule has 0 saturated carbocycles. The van der Waals surface area contributed by atoms with E-state index < -0.39 is 0 Å². The molecular formula is C19H21ClN2O2S. The number of ether oxygens (including phenoxy) is 1. The minimum Gasteiger partial charge on any atom is -0.376 e. The van der Waals surface area contributed by atoms with Gasteiger partial charge in [-0.15, -0.1) is 11.8 Å². The summed E-state index contributed by atoms with van der Waals surface area (Å²) in [5.41, 5.74) is 3.49. The van der Waals surface area contributed by atoms with Crippen molar-refractivity contribution in [2.75, 3.05) is 6.61 Å². The van der Waals surface area contributed by atoms with E-state index in [4.69, 9.17) is 16.3 Å². The number of thioether (sulfide) groups is 1. The van der Waals surface area contributed by atoms with Crippen LogP contribution < -0.4 is 5.69 Å². The Bertz CT molecular complexity index is 813. The normalized spacial score (nSPS) is 19.3. The van der Waals surface area contributed by atoms with Crippen LogP contribution in [-0.4, -0.2) is 22.3 Å². The van der Waals surface area contributed by atoms with E-state index in [1.165, 1.54) is 16.8 Å². The Kier molecular flexibility index (Phi) is 5.15. The Morgan fingerprint density at radius 1 is 1.24 bits per heavy atom. The molecule has 4 rings (SSSR count). The minimum atomic E-state index is -0.130. The predicted molar refractivity (Wildman–Crippen MR) is 101 cm³/mol. The number of aromatic nitrogens is 2. The molecule has 25 heavy (non-hydrogen) atoms. The Labute approximate surface area is 156 Å². The number of hydrogen-bond acceptors (Lipinski definition) is 4. The molecule has 2 heterocycles. The summed E-state index contributed by atoms with van der Waals surface area (Å²) in [6.07, 6.45) is 5.36. The lowest BCUT2D eigenvalue weighted by atomic mass is 10.2. The SMILES string of the molecule is O=c1nc(SCc2ccc(Cl)cc2)c2c(n1C[C@H]1CCCO1)CCC2. The molecule has 0 amide bonds. The van der Waals surface area contributed by atoms with Crippen molar-refractivity contribution in [2.45, 2.75) is 55.5 Å². The van der Waals surface area contributed by atoms with Crippen molar-refractivity contribution in [1.29, 1.82) is 0 Å². The second-order valence-electron chi connectivity index (χ2n) is 6.64. The molecule has 6 heteroatoms. The van der Waals surface area contributed by atoms with Gasteiger partial charge in [0.05, 0.1) is 12.6 Å². The van der Waals surface area contributed by atoms with Crippen LogP contribution in [0.3, 0.4) is 0 Å². The molecule has 2 aromatic rings. The van der Waals surface area contributed by atoms with Crippen LogP contribution in [0.15, 0.2) is 34.1 Å². The summed E-state index contributed by atoms with van der Waals surface area (Å²) in [5.74, 6) is 0.797. The maximum Gasteiger partial charge on any atom is 0.348 e. The molecule has 1 atom stereocenters. The van der Waals surface area contributed by atoms with Crippen molar-refractivity contribution in [1.82, 2.24) is 9.55 Å². The van der Waals surface area contributed by atoms with Gasteiger partial charge in [0.25, 0.3) is 0 Å². The third-order valence-corrected chi connectivity index (χ3v) is 6.24. The summed E-state index contributed by atoms with van der Waals surface area (Å²) in [7, 11) is 0. The quantitative estimate of drug-likeness (QED) is 0.587. The number of halogens is 1. The van der Waals surface area contributed by atoms with E-state index in [-0.39, 0.29) is 11.8 Å². The van der Waals surface area contributed by atoms with Gasteiger partial charge in [-0.2, -0.15) is 4.98 Å². The summed E-state index contributed by atoms with van der Waals surface area (Å²) in [4.78, 5) is 17.0. The largest absolute Gasteiger partial charge is 0.376 e. The van der Waals surface area contributed by atoms with Crippen molar-refractivity contribution in [3.8, 4) is 0 Å². The number of benzene rings is 1. The third-order valence-electron chi connectivity index (χ3n) is 4.90. The van der Waals surface area contributed by atoms with Crippen LogP contribution in [0.2, 0.25) is 5.02 Å². The van der Waals surface area contributed by atoms with E-state index in [2.05, 4.69) is 4.98 Å². The van der Waals surface area contributed by atoms with E-state index in [9.17, 15) is 4.79 Å². The average Bonchev–Trinajstić information content (AvgIpc) is 3.29. The molecule has 1 aliphatic carbocycles. The van der Waals surface area contributed by atoms with E-state index in [0.717, 1.165) is 54.5 Å². The molecule has 4 nitrogen and oxygen atoms in total. The maximum atomic E-state index is 12.6. The van der Waals surface area contributed by atoms with Crippen molar-refractivity contribution in [3.05, 3.63) is 56.6 Å². The number of fused-ring (bicyclic) bond motifs is 1. The lowest BCUT2D eigenvalue weighted by Crippen LogP contribution is -2.31. The molecule has 0 unspecified atom stereocenters. The molecule has 0 radical (unpaired) electrons. The standard InChI is InChI=1S/C19H21ClN2O2S/c20-14-8-6-13(7-9-14)12-25-18-16-4-1-5-17(16)22(19(23)21-18)11-15-3-2-10-24-15/h6-9,15H,1-5,10-12H2/t15-/m1/s1. The Morgan fingerprint density at radius 3 is 2.84 bits per heavy atom. The van der Waals surface area contributed by atoms with E-state index in [1.54, 1.807) is 11.8 Å². The molecule has 0 bridgehead atoms. The Morgan fingerprint density at radius 2 is 2.08 bits per heavy atom. The topological polar surface area (TPSA) is 44.1 Å². The first-order chi connectivity index (χ1) is 12.2. The van der Waals surface area contributed by atoms with Crippen molar-refractivity contribution in [2.24, 2.45) is 0 Å². The summed E-state index contributed by atoms with van der Waals surface area (Å²) >= 11 is 7.59. The van der Waals surface area contributed by atoms with Gasteiger partial charge in [0.15, 0.2) is 0 Å². The fourth-order valence-corrected chi connectivity index (χ4v) is 4.78. The summed E-state index contributed by atoms with van der Waals surface area (Å²) < 4.78 is 7.58. The highest BCUT2D eigenvalue weighted by Gasteiger charge is 2.25. The monoisotopic (exact) mass is 376 g/mol. The molecule has 1 aliphatic heterocycles. The smallest absolute Gasteiger partial charge is 0.348 e. The lowest BCUT2D eigenvalue weighted by molar-refractivity contribution is 0.0950. The first kappa shape index (κ1) is 17.1. The molecule has 1 saturated heterocycles. The maximum absolute atomic E-state index is 12.6. The molecular weight excluding hydrogens is 356 g/mol. The van der Waals surface area contributed by atoms with Crippen LogP contribution in [0.4, 0.5) is 0 Å². The molecule has 1 fully saturated rings. The molecule has 0 spiro atoms. The second-order valence-corrected chi connectivity index (χ2v) is 8.04. The van der Waals surface area contributed by atoms with Crippen molar-refractivity contribution in [3.63, 3.8) is 0 Å². The van der Waals surface area contributed by atoms with Gasteiger partial charge in [-0.25, -0.2) is 4.79 Å². The van der Waals surface area contributed by atoms with Gasteiger partial charge in [0, 0.05) is 28.6 Å². The molecule has 2 aliphatic rings. The van der Waals surface area contributed by atoms with Gasteiger partial charge in [-0.05, 0) is 49.8 Å². The van der Waals surface area contributed by atoms with Crippen LogP contribution in [0, 0.1) is 0 Å². The average molecular weight is 377 g/mol. The second kappa shape index (κ2) is 7.52. The van der Waals surface area contributed by atoms with Gasteiger partial charge >= 0.3 is 5.69 Å². The Hall–Kier alpha value is -1.30. The highest BCUT2D eigenvalue weighted by atomic mass is 35.5. The van der Waals surface area contributed by atoms with Crippen LogP contribution in [0.1, 0.15) is 36.1 Å². The zero-order chi connectivity index (χ0) is 17.2. The fourth-order valence-electron chi connectivity index (χ4n) is 3.62. The minimum absolute atomic E-state index is 0.130. The van der Waals surface area contributed by atoms with Gasteiger partial charge in [0.1, 0.15) is 5.03 Å². The third kappa shape index (κ3) is 3.78. The van der Waals surface area contributed by atoms with Gasteiger partial charge in [-0.3, -0.25) is 4.57 Å². The molecule has 132 valence electrons. The number of rotatable bonds is 5. The fraction of sp³-hybridized carbons (Fsp3) is 0.474.